The van der Waals surface area contributed by atoms with Crippen LogP contribution in [-0.2, 0) is 11.3 Å². The lowest BCUT2D eigenvalue weighted by molar-refractivity contribution is -0.0593. The lowest BCUT2D eigenvalue weighted by Crippen LogP contribution is -2.47. The lowest BCUT2D eigenvalue weighted by Gasteiger charge is -2.38. The van der Waals surface area contributed by atoms with Crippen molar-refractivity contribution in [2.75, 3.05) is 20.3 Å². The standard InChI is InChI=1S/C15H23NO3/c1-4-13-10-19-11(2)8-16(13)9-12-6-5-7-14(18-3)15(12)17/h5-7,11,13,17H,4,8-10H2,1-3H3. The number of ether oxygens (including phenoxy) is 2. The molecule has 2 atom stereocenters. The minimum atomic E-state index is 0.246. The van der Waals surface area contributed by atoms with Gasteiger partial charge in [0.05, 0.1) is 19.8 Å². The summed E-state index contributed by atoms with van der Waals surface area (Å²) < 4.78 is 10.9. The first-order valence-electron chi connectivity index (χ1n) is 6.86. The van der Waals surface area contributed by atoms with E-state index in [0.29, 0.717) is 11.8 Å². The predicted octanol–water partition coefficient (Wildman–Crippen LogP) is 2.40. The molecule has 0 spiro atoms. The van der Waals surface area contributed by atoms with Crippen LogP contribution in [0.4, 0.5) is 0 Å². The summed E-state index contributed by atoms with van der Waals surface area (Å²) in [6.07, 6.45) is 1.30. The summed E-state index contributed by atoms with van der Waals surface area (Å²) in [5, 5.41) is 10.2. The molecule has 1 aromatic rings. The number of para-hydroxylation sites is 1. The highest BCUT2D eigenvalue weighted by atomic mass is 16.5. The maximum atomic E-state index is 10.2. The van der Waals surface area contributed by atoms with Crippen molar-refractivity contribution in [3.63, 3.8) is 0 Å². The number of hydrogen-bond donors (Lipinski definition) is 1. The monoisotopic (exact) mass is 265 g/mol. The van der Waals surface area contributed by atoms with E-state index in [-0.39, 0.29) is 11.9 Å². The van der Waals surface area contributed by atoms with Gasteiger partial charge in [-0.25, -0.2) is 0 Å². The van der Waals surface area contributed by atoms with Crippen LogP contribution in [0.1, 0.15) is 25.8 Å². The predicted molar refractivity (Wildman–Crippen MR) is 74.6 cm³/mol. The summed E-state index contributed by atoms with van der Waals surface area (Å²) >= 11 is 0. The number of methoxy groups -OCH3 is 1. The maximum absolute atomic E-state index is 10.2. The zero-order chi connectivity index (χ0) is 13.8. The molecule has 1 fully saturated rings. The molecule has 2 unspecified atom stereocenters. The van der Waals surface area contributed by atoms with Crippen molar-refractivity contribution in [1.82, 2.24) is 4.90 Å². The molecule has 0 radical (unpaired) electrons. The number of nitrogens with zero attached hydrogens (tertiary/aromatic N) is 1. The Bertz CT molecular complexity index is 422. The number of phenols is 1. The molecule has 106 valence electrons. The molecule has 1 aliphatic heterocycles. The summed E-state index contributed by atoms with van der Waals surface area (Å²) in [6.45, 7) is 6.65. The molecule has 4 heteroatoms. The van der Waals surface area contributed by atoms with Gasteiger partial charge in [-0.2, -0.15) is 0 Å². The molecule has 1 N–H and O–H groups in total. The number of rotatable bonds is 4. The Hall–Kier alpha value is -1.26. The molecule has 4 nitrogen and oxygen atoms in total. The van der Waals surface area contributed by atoms with Gasteiger partial charge in [-0.15, -0.1) is 0 Å². The fourth-order valence-electron chi connectivity index (χ4n) is 2.56. The van der Waals surface area contributed by atoms with Gasteiger partial charge in [0.25, 0.3) is 0 Å². The van der Waals surface area contributed by atoms with Crippen LogP contribution in [-0.4, -0.2) is 42.4 Å². The van der Waals surface area contributed by atoms with E-state index < -0.39 is 0 Å². The third-order valence-electron chi connectivity index (χ3n) is 3.73. The first-order chi connectivity index (χ1) is 9.15. The summed E-state index contributed by atoms with van der Waals surface area (Å²) in [6, 6.07) is 6.06. The highest BCUT2D eigenvalue weighted by Crippen LogP contribution is 2.31. The Morgan fingerprint density at radius 3 is 2.95 bits per heavy atom. The van der Waals surface area contributed by atoms with E-state index in [4.69, 9.17) is 9.47 Å². The van der Waals surface area contributed by atoms with Gasteiger partial charge >= 0.3 is 0 Å². The Morgan fingerprint density at radius 2 is 2.26 bits per heavy atom. The molecular weight excluding hydrogens is 242 g/mol. The molecule has 19 heavy (non-hydrogen) atoms. The summed E-state index contributed by atoms with van der Waals surface area (Å²) in [4.78, 5) is 2.38. The Kier molecular flexibility index (Phi) is 4.66. The average Bonchev–Trinajstić information content (AvgIpc) is 2.41. The first kappa shape index (κ1) is 14.2. The molecule has 0 saturated carbocycles. The van der Waals surface area contributed by atoms with Crippen LogP contribution in [0, 0.1) is 0 Å². The van der Waals surface area contributed by atoms with Gasteiger partial charge in [0.15, 0.2) is 11.5 Å². The highest BCUT2D eigenvalue weighted by molar-refractivity contribution is 5.45. The third-order valence-corrected chi connectivity index (χ3v) is 3.73. The van der Waals surface area contributed by atoms with Gasteiger partial charge in [0, 0.05) is 24.7 Å². The van der Waals surface area contributed by atoms with Crippen molar-refractivity contribution in [3.05, 3.63) is 23.8 Å². The van der Waals surface area contributed by atoms with Crippen LogP contribution in [0.5, 0.6) is 11.5 Å². The lowest BCUT2D eigenvalue weighted by atomic mass is 10.1. The molecule has 1 saturated heterocycles. The second kappa shape index (κ2) is 6.26. The van der Waals surface area contributed by atoms with Gasteiger partial charge in [-0.1, -0.05) is 19.1 Å². The van der Waals surface area contributed by atoms with Gasteiger partial charge in [0.1, 0.15) is 0 Å². The fourth-order valence-corrected chi connectivity index (χ4v) is 2.56. The molecule has 0 aliphatic carbocycles. The molecular formula is C15H23NO3. The number of benzene rings is 1. The van der Waals surface area contributed by atoms with E-state index >= 15 is 0 Å². The maximum Gasteiger partial charge on any atom is 0.162 e. The Morgan fingerprint density at radius 1 is 1.47 bits per heavy atom. The zero-order valence-corrected chi connectivity index (χ0v) is 11.9. The fraction of sp³-hybridized carbons (Fsp3) is 0.600. The minimum absolute atomic E-state index is 0.246. The van der Waals surface area contributed by atoms with Crippen molar-refractivity contribution in [1.29, 1.82) is 0 Å². The van der Waals surface area contributed by atoms with Crippen LogP contribution in [0.3, 0.4) is 0 Å². The molecule has 1 aromatic carbocycles. The van der Waals surface area contributed by atoms with Crippen LogP contribution in [0.15, 0.2) is 18.2 Å². The van der Waals surface area contributed by atoms with Crippen LogP contribution in [0.2, 0.25) is 0 Å². The number of phenolic OH excluding ortho intramolecular Hbond substituents is 1. The Balaban J connectivity index is 2.14. The van der Waals surface area contributed by atoms with Gasteiger partial charge in [-0.05, 0) is 19.4 Å². The molecule has 0 amide bonds. The highest BCUT2D eigenvalue weighted by Gasteiger charge is 2.26. The van der Waals surface area contributed by atoms with Crippen LogP contribution in [0.25, 0.3) is 0 Å². The second-order valence-electron chi connectivity index (χ2n) is 5.10. The first-order valence-corrected chi connectivity index (χ1v) is 6.86. The van der Waals surface area contributed by atoms with E-state index in [1.165, 1.54) is 0 Å². The quantitative estimate of drug-likeness (QED) is 0.907. The third kappa shape index (κ3) is 3.19. The van der Waals surface area contributed by atoms with Gasteiger partial charge in [0.2, 0.25) is 0 Å². The van der Waals surface area contributed by atoms with Crippen molar-refractivity contribution in [2.24, 2.45) is 0 Å². The number of aromatic hydroxyl groups is 1. The molecule has 1 heterocycles. The van der Waals surface area contributed by atoms with Gasteiger partial charge in [-0.3, -0.25) is 4.90 Å². The molecule has 0 bridgehead atoms. The van der Waals surface area contributed by atoms with E-state index in [9.17, 15) is 5.11 Å². The molecule has 1 aliphatic rings. The molecule has 0 aromatic heterocycles. The van der Waals surface area contributed by atoms with Crippen molar-refractivity contribution in [3.8, 4) is 11.5 Å². The van der Waals surface area contributed by atoms with E-state index in [2.05, 4.69) is 18.7 Å². The van der Waals surface area contributed by atoms with E-state index in [1.54, 1.807) is 13.2 Å². The summed E-state index contributed by atoms with van der Waals surface area (Å²) in [5.74, 6) is 0.783. The number of morpholine rings is 1. The smallest absolute Gasteiger partial charge is 0.162 e. The van der Waals surface area contributed by atoms with E-state index in [1.807, 2.05) is 12.1 Å². The summed E-state index contributed by atoms with van der Waals surface area (Å²) in [7, 11) is 1.57. The summed E-state index contributed by atoms with van der Waals surface area (Å²) in [5.41, 5.74) is 0.909. The minimum Gasteiger partial charge on any atom is -0.504 e. The number of hydrogen-bond acceptors (Lipinski definition) is 4. The van der Waals surface area contributed by atoms with E-state index in [0.717, 1.165) is 31.7 Å². The van der Waals surface area contributed by atoms with Crippen LogP contribution < -0.4 is 4.74 Å². The zero-order valence-electron chi connectivity index (χ0n) is 11.9. The average molecular weight is 265 g/mol. The van der Waals surface area contributed by atoms with Crippen molar-refractivity contribution in [2.45, 2.75) is 39.0 Å². The van der Waals surface area contributed by atoms with Crippen molar-refractivity contribution < 1.29 is 14.6 Å². The molecule has 2 rings (SSSR count). The second-order valence-corrected chi connectivity index (χ2v) is 5.10. The normalized spacial score (nSPS) is 24.4. The van der Waals surface area contributed by atoms with Crippen LogP contribution >= 0.6 is 0 Å². The SMILES string of the molecule is CCC1COC(C)CN1Cc1cccc(OC)c1O. The topological polar surface area (TPSA) is 41.9 Å². The van der Waals surface area contributed by atoms with Gasteiger partial charge < -0.3 is 14.6 Å². The largest absolute Gasteiger partial charge is 0.504 e. The van der Waals surface area contributed by atoms with Crippen molar-refractivity contribution >= 4 is 0 Å². The Labute approximate surface area is 114 Å².